The molecular formula is C21H21NO5. The first kappa shape index (κ1) is 20.0. The van der Waals surface area contributed by atoms with Gasteiger partial charge in [-0.25, -0.2) is 0 Å². The third kappa shape index (κ3) is 6.51. The topological polar surface area (TPSA) is 89.5 Å². The molecule has 2 aromatic rings. The summed E-state index contributed by atoms with van der Waals surface area (Å²) in [6, 6.07) is 13.6. The third-order valence-electron chi connectivity index (χ3n) is 3.85. The quantitative estimate of drug-likeness (QED) is 0.571. The summed E-state index contributed by atoms with van der Waals surface area (Å²) < 4.78 is 4.89. The van der Waals surface area contributed by atoms with E-state index in [1.807, 2.05) is 19.1 Å². The molecule has 0 fully saturated rings. The molecule has 1 amide bonds. The van der Waals surface area contributed by atoms with Crippen LogP contribution in [0.1, 0.15) is 46.0 Å². The van der Waals surface area contributed by atoms with Crippen molar-refractivity contribution in [3.63, 3.8) is 0 Å². The third-order valence-corrected chi connectivity index (χ3v) is 3.85. The van der Waals surface area contributed by atoms with E-state index in [1.165, 1.54) is 6.92 Å². The molecule has 2 aromatic carbocycles. The summed E-state index contributed by atoms with van der Waals surface area (Å²) in [6.07, 6.45) is -0.0794. The minimum absolute atomic E-state index is 0.0180. The fraction of sp³-hybridized carbons (Fsp3) is 0.238. The van der Waals surface area contributed by atoms with Gasteiger partial charge in [-0.2, -0.15) is 0 Å². The summed E-state index contributed by atoms with van der Waals surface area (Å²) in [5.41, 5.74) is 2.50. The van der Waals surface area contributed by atoms with E-state index in [0.29, 0.717) is 16.8 Å². The molecule has 0 heterocycles. The highest BCUT2D eigenvalue weighted by Crippen LogP contribution is 2.11. The molecule has 0 aliphatic rings. The molecule has 0 aromatic heterocycles. The number of nitrogens with one attached hydrogen (secondary N) is 1. The van der Waals surface area contributed by atoms with Crippen molar-refractivity contribution in [3.8, 4) is 0 Å². The lowest BCUT2D eigenvalue weighted by molar-refractivity contribution is -0.147. The van der Waals surface area contributed by atoms with Crippen molar-refractivity contribution in [1.29, 1.82) is 0 Å². The van der Waals surface area contributed by atoms with Crippen molar-refractivity contribution in [2.24, 2.45) is 0 Å². The van der Waals surface area contributed by atoms with Crippen molar-refractivity contribution in [1.82, 2.24) is 0 Å². The first-order chi connectivity index (χ1) is 12.8. The molecule has 0 radical (unpaired) electrons. The average molecular weight is 367 g/mol. The van der Waals surface area contributed by atoms with Crippen LogP contribution in [-0.4, -0.2) is 30.0 Å². The van der Waals surface area contributed by atoms with Crippen molar-refractivity contribution in [2.75, 3.05) is 11.9 Å². The molecule has 27 heavy (non-hydrogen) atoms. The van der Waals surface area contributed by atoms with Crippen molar-refractivity contribution >= 4 is 29.1 Å². The van der Waals surface area contributed by atoms with Crippen LogP contribution in [0.15, 0.2) is 48.5 Å². The van der Waals surface area contributed by atoms with Crippen molar-refractivity contribution in [2.45, 2.75) is 26.7 Å². The number of aryl methyl sites for hydroxylation is 1. The highest BCUT2D eigenvalue weighted by atomic mass is 16.5. The van der Waals surface area contributed by atoms with Gasteiger partial charge < -0.3 is 10.1 Å². The number of benzene rings is 2. The van der Waals surface area contributed by atoms with Gasteiger partial charge in [-0.1, -0.05) is 42.0 Å². The Labute approximate surface area is 157 Å². The van der Waals surface area contributed by atoms with Gasteiger partial charge in [0.2, 0.25) is 0 Å². The van der Waals surface area contributed by atoms with Crippen molar-refractivity contribution in [3.05, 3.63) is 65.2 Å². The van der Waals surface area contributed by atoms with Gasteiger partial charge in [0.25, 0.3) is 5.91 Å². The smallest absolute Gasteiger partial charge is 0.306 e. The maximum atomic E-state index is 12.0. The van der Waals surface area contributed by atoms with E-state index in [2.05, 4.69) is 5.32 Å². The number of hydrogen-bond donors (Lipinski definition) is 1. The molecule has 0 saturated carbocycles. The zero-order valence-electron chi connectivity index (χ0n) is 15.3. The van der Waals surface area contributed by atoms with Crippen LogP contribution in [0.2, 0.25) is 0 Å². The van der Waals surface area contributed by atoms with Gasteiger partial charge in [-0.3, -0.25) is 19.2 Å². The van der Waals surface area contributed by atoms with E-state index in [-0.39, 0.29) is 24.4 Å². The number of rotatable bonds is 8. The molecule has 0 aliphatic carbocycles. The normalized spacial score (nSPS) is 10.1. The fourth-order valence-corrected chi connectivity index (χ4v) is 2.33. The molecule has 6 heteroatoms. The predicted octanol–water partition coefficient (Wildman–Crippen LogP) is 3.34. The summed E-state index contributed by atoms with van der Waals surface area (Å²) in [7, 11) is 0. The van der Waals surface area contributed by atoms with Crippen molar-refractivity contribution < 1.29 is 23.9 Å². The lowest BCUT2D eigenvalue weighted by Crippen LogP contribution is -2.21. The van der Waals surface area contributed by atoms with Crippen LogP contribution in [-0.2, 0) is 14.3 Å². The van der Waals surface area contributed by atoms with Crippen LogP contribution in [0.25, 0.3) is 0 Å². The molecule has 0 bridgehead atoms. The molecule has 0 aliphatic heterocycles. The van der Waals surface area contributed by atoms with E-state index in [9.17, 15) is 19.2 Å². The number of anilines is 1. The number of amides is 1. The molecular weight excluding hydrogens is 346 g/mol. The number of hydrogen-bond acceptors (Lipinski definition) is 5. The first-order valence-electron chi connectivity index (χ1n) is 8.51. The summed E-state index contributed by atoms with van der Waals surface area (Å²) in [4.78, 5) is 46.9. The molecule has 140 valence electrons. The second kappa shape index (κ2) is 9.43. The fourth-order valence-electron chi connectivity index (χ4n) is 2.33. The Balaban J connectivity index is 1.75. The Morgan fingerprint density at radius 3 is 2.30 bits per heavy atom. The Hall–Kier alpha value is -3.28. The van der Waals surface area contributed by atoms with Gasteiger partial charge in [-0.15, -0.1) is 0 Å². The molecule has 0 spiro atoms. The van der Waals surface area contributed by atoms with Crippen LogP contribution in [0.5, 0.6) is 0 Å². The number of Topliss-reactive ketones (excluding diaryl/α,β-unsaturated/α-hetero) is 2. The molecule has 2 rings (SSSR count). The van der Waals surface area contributed by atoms with Crippen LogP contribution in [0.4, 0.5) is 5.69 Å². The molecule has 0 unspecified atom stereocenters. The summed E-state index contributed by atoms with van der Waals surface area (Å²) in [5.74, 6) is -1.41. The van der Waals surface area contributed by atoms with E-state index in [4.69, 9.17) is 4.74 Å². The summed E-state index contributed by atoms with van der Waals surface area (Å²) in [5, 5.41) is 2.55. The van der Waals surface area contributed by atoms with Crippen LogP contribution >= 0.6 is 0 Å². The zero-order valence-corrected chi connectivity index (χ0v) is 15.3. The van der Waals surface area contributed by atoms with Gasteiger partial charge in [0, 0.05) is 23.2 Å². The minimum atomic E-state index is -0.622. The molecule has 0 atom stereocenters. The Kier molecular flexibility index (Phi) is 7.00. The van der Waals surface area contributed by atoms with Gasteiger partial charge >= 0.3 is 5.97 Å². The van der Waals surface area contributed by atoms with Gasteiger partial charge in [0.15, 0.2) is 18.2 Å². The summed E-state index contributed by atoms with van der Waals surface area (Å²) >= 11 is 0. The maximum absolute atomic E-state index is 12.0. The van der Waals surface area contributed by atoms with E-state index >= 15 is 0 Å². The second-order valence-corrected chi connectivity index (χ2v) is 6.14. The highest BCUT2D eigenvalue weighted by Gasteiger charge is 2.12. The largest absolute Gasteiger partial charge is 0.456 e. The SMILES string of the molecule is CC(=O)c1cccc(NC(=O)COC(=O)CCC(=O)c2ccc(C)cc2)c1. The highest BCUT2D eigenvalue weighted by molar-refractivity contribution is 5.98. The van der Waals surface area contributed by atoms with Gasteiger partial charge in [-0.05, 0) is 26.0 Å². The molecule has 1 N–H and O–H groups in total. The first-order valence-corrected chi connectivity index (χ1v) is 8.51. The number of ketones is 2. The lowest BCUT2D eigenvalue weighted by Gasteiger charge is -2.07. The number of ether oxygens (including phenoxy) is 1. The maximum Gasteiger partial charge on any atom is 0.306 e. The number of carbonyl (C=O) groups excluding carboxylic acids is 4. The minimum Gasteiger partial charge on any atom is -0.456 e. The second-order valence-electron chi connectivity index (χ2n) is 6.14. The Bertz CT molecular complexity index is 855. The van der Waals surface area contributed by atoms with Crippen LogP contribution < -0.4 is 5.32 Å². The van der Waals surface area contributed by atoms with Gasteiger partial charge in [0.1, 0.15) is 0 Å². The van der Waals surface area contributed by atoms with Gasteiger partial charge in [0.05, 0.1) is 6.42 Å². The molecule has 6 nitrogen and oxygen atoms in total. The van der Waals surface area contributed by atoms with Crippen LogP contribution in [0.3, 0.4) is 0 Å². The average Bonchev–Trinajstić information content (AvgIpc) is 2.65. The Morgan fingerprint density at radius 1 is 0.926 bits per heavy atom. The monoisotopic (exact) mass is 367 g/mol. The zero-order chi connectivity index (χ0) is 19.8. The van der Waals surface area contributed by atoms with E-state index in [0.717, 1.165) is 5.56 Å². The lowest BCUT2D eigenvalue weighted by atomic mass is 10.1. The van der Waals surface area contributed by atoms with E-state index in [1.54, 1.807) is 36.4 Å². The Morgan fingerprint density at radius 2 is 1.63 bits per heavy atom. The van der Waals surface area contributed by atoms with E-state index < -0.39 is 18.5 Å². The number of esters is 1. The predicted molar refractivity (Wildman–Crippen MR) is 101 cm³/mol. The number of carbonyl (C=O) groups is 4. The summed E-state index contributed by atoms with van der Waals surface area (Å²) in [6.45, 7) is 2.90. The molecule has 0 saturated heterocycles. The standard InChI is InChI=1S/C21H21NO5/c1-14-6-8-16(9-7-14)19(24)10-11-21(26)27-13-20(25)22-18-5-3-4-17(12-18)15(2)23/h3-9,12H,10-11,13H2,1-2H3,(H,22,25). The van der Waals surface area contributed by atoms with Crippen LogP contribution in [0, 0.1) is 6.92 Å².